The van der Waals surface area contributed by atoms with Crippen molar-refractivity contribution >= 4 is 34.1 Å². The van der Waals surface area contributed by atoms with Crippen LogP contribution in [-0.2, 0) is 14.1 Å². The van der Waals surface area contributed by atoms with E-state index in [1.807, 2.05) is 0 Å². The quantitative estimate of drug-likeness (QED) is 0.215. The number of ketones is 1. The van der Waals surface area contributed by atoms with E-state index in [2.05, 4.69) is 9.97 Å². The van der Waals surface area contributed by atoms with E-state index in [0.717, 1.165) is 0 Å². The first kappa shape index (κ1) is 23.5. The number of benzene rings is 2. The third kappa shape index (κ3) is 4.28. The highest BCUT2D eigenvalue weighted by atomic mass is 79.9. The number of nitrogens with zero attached hydrogens (tertiary/aromatic N) is 6. The maximum absolute atomic E-state index is 13.2. The van der Waals surface area contributed by atoms with Crippen LogP contribution in [0.3, 0.4) is 0 Å². The zero-order valence-corrected chi connectivity index (χ0v) is 19.1. The number of carbonyl (C=O) groups is 1. The van der Waals surface area contributed by atoms with Crippen LogP contribution in [0.25, 0.3) is 22.5 Å². The highest BCUT2D eigenvalue weighted by Gasteiger charge is 2.25. The van der Waals surface area contributed by atoms with Crippen molar-refractivity contribution in [2.75, 3.05) is 0 Å². The molecule has 12 heteroatoms. The molecule has 0 aliphatic carbocycles. The molecule has 0 atom stereocenters. The molecule has 0 aliphatic heterocycles. The van der Waals surface area contributed by atoms with Crippen LogP contribution in [0, 0.1) is 20.2 Å². The summed E-state index contributed by atoms with van der Waals surface area (Å²) in [4.78, 5) is 43.5. The number of aromatic nitrogens is 4. The molecule has 0 radical (unpaired) electrons. The van der Waals surface area contributed by atoms with Gasteiger partial charge in [-0.2, -0.15) is 0 Å². The van der Waals surface area contributed by atoms with E-state index in [1.165, 1.54) is 33.7 Å². The van der Waals surface area contributed by atoms with Crippen LogP contribution in [0.15, 0.2) is 60.9 Å². The van der Waals surface area contributed by atoms with E-state index in [1.54, 1.807) is 50.5 Å². The van der Waals surface area contributed by atoms with E-state index < -0.39 is 15.6 Å². The van der Waals surface area contributed by atoms with Gasteiger partial charge in [-0.05, 0) is 12.1 Å². The average molecular weight is 513 g/mol. The minimum atomic E-state index is -0.523. The zero-order chi connectivity index (χ0) is 23.0. The molecule has 0 N–H and O–H groups in total. The lowest BCUT2D eigenvalue weighted by Crippen LogP contribution is -2.13. The van der Waals surface area contributed by atoms with Gasteiger partial charge in [-0.15, -0.1) is 17.0 Å². The Morgan fingerprint density at radius 3 is 1.48 bits per heavy atom. The van der Waals surface area contributed by atoms with Gasteiger partial charge in [0.05, 0.1) is 32.4 Å². The van der Waals surface area contributed by atoms with E-state index in [4.69, 9.17) is 0 Å². The van der Waals surface area contributed by atoms with Crippen LogP contribution in [0.5, 0.6) is 0 Å². The van der Waals surface area contributed by atoms with Crippen molar-refractivity contribution in [1.29, 1.82) is 0 Å². The predicted molar refractivity (Wildman–Crippen MR) is 124 cm³/mol. The number of halogens is 1. The SMILES string of the molecule is Br.Cn1cc(-c2ccccc2[N+](=O)[O-])nc1C(=O)c1nc(-c2ccccc2[N+](=O)[O-])cn1C. The molecule has 33 heavy (non-hydrogen) atoms. The lowest BCUT2D eigenvalue weighted by molar-refractivity contribution is -0.384. The van der Waals surface area contributed by atoms with E-state index in [0.29, 0.717) is 0 Å². The third-order valence-corrected chi connectivity index (χ3v) is 4.91. The van der Waals surface area contributed by atoms with Gasteiger partial charge in [0, 0.05) is 38.6 Å². The number of aryl methyl sites for hydroxylation is 2. The lowest BCUT2D eigenvalue weighted by Gasteiger charge is -2.00. The van der Waals surface area contributed by atoms with E-state index in [-0.39, 0.29) is 62.5 Å². The largest absolute Gasteiger partial charge is 0.331 e. The van der Waals surface area contributed by atoms with Crippen molar-refractivity contribution in [2.45, 2.75) is 0 Å². The molecular formula is C21H17BrN6O5. The van der Waals surface area contributed by atoms with Crippen LogP contribution >= 0.6 is 17.0 Å². The van der Waals surface area contributed by atoms with Crippen molar-refractivity contribution in [2.24, 2.45) is 14.1 Å². The predicted octanol–water partition coefficient (Wildman–Crippen LogP) is 4.11. The third-order valence-electron chi connectivity index (χ3n) is 4.91. The van der Waals surface area contributed by atoms with Gasteiger partial charge in [0.25, 0.3) is 17.2 Å². The minimum Gasteiger partial charge on any atom is -0.331 e. The lowest BCUT2D eigenvalue weighted by atomic mass is 10.1. The smallest absolute Gasteiger partial charge is 0.278 e. The molecule has 0 fully saturated rings. The Hall–Kier alpha value is -4.19. The number of hydrogen-bond donors (Lipinski definition) is 0. The first-order valence-corrected chi connectivity index (χ1v) is 9.37. The molecule has 0 unspecified atom stereocenters. The molecule has 0 saturated carbocycles. The minimum absolute atomic E-state index is 0. The van der Waals surface area contributed by atoms with Gasteiger partial charge in [0.2, 0.25) is 0 Å². The Morgan fingerprint density at radius 1 is 0.758 bits per heavy atom. The molecule has 2 aromatic carbocycles. The van der Waals surface area contributed by atoms with Crippen molar-refractivity contribution in [3.8, 4) is 22.5 Å². The molecule has 0 amide bonds. The Kier molecular flexibility index (Phi) is 6.49. The van der Waals surface area contributed by atoms with Crippen LogP contribution in [0.1, 0.15) is 16.4 Å². The second-order valence-corrected chi connectivity index (χ2v) is 7.00. The van der Waals surface area contributed by atoms with Crippen molar-refractivity contribution in [1.82, 2.24) is 19.1 Å². The van der Waals surface area contributed by atoms with Gasteiger partial charge >= 0.3 is 0 Å². The van der Waals surface area contributed by atoms with Crippen LogP contribution in [-0.4, -0.2) is 34.7 Å². The fourth-order valence-electron chi connectivity index (χ4n) is 3.41. The van der Waals surface area contributed by atoms with E-state index >= 15 is 0 Å². The number of hydrogen-bond acceptors (Lipinski definition) is 7. The molecule has 0 saturated heterocycles. The maximum atomic E-state index is 13.2. The standard InChI is InChI=1S/C21H16N6O5.BrH/c1-24-11-15(13-7-3-5-9-17(13)26(29)30)22-20(24)19(28)21-23-16(12-25(21)2)14-8-4-6-10-18(14)27(31)32;/h3-12H,1-2H3;1H. The van der Waals surface area contributed by atoms with E-state index in [9.17, 15) is 25.0 Å². The molecular weight excluding hydrogens is 496 g/mol. The molecule has 11 nitrogen and oxygen atoms in total. The van der Waals surface area contributed by atoms with Crippen LogP contribution in [0.2, 0.25) is 0 Å². The normalized spacial score (nSPS) is 10.5. The summed E-state index contributed by atoms with van der Waals surface area (Å²) in [7, 11) is 3.20. The van der Waals surface area contributed by atoms with Crippen molar-refractivity contribution in [3.63, 3.8) is 0 Å². The Bertz CT molecular complexity index is 1290. The molecule has 0 bridgehead atoms. The number of rotatable bonds is 6. The summed E-state index contributed by atoms with van der Waals surface area (Å²) in [5.74, 6) is -0.466. The summed E-state index contributed by atoms with van der Waals surface area (Å²) in [6.07, 6.45) is 3.06. The molecule has 4 rings (SSSR count). The molecule has 0 spiro atoms. The Morgan fingerprint density at radius 2 is 1.12 bits per heavy atom. The summed E-state index contributed by atoms with van der Waals surface area (Å²) in [6.45, 7) is 0. The fraction of sp³-hybridized carbons (Fsp3) is 0.0952. The topological polar surface area (TPSA) is 139 Å². The zero-order valence-electron chi connectivity index (χ0n) is 17.4. The van der Waals surface area contributed by atoms with Crippen molar-refractivity contribution in [3.05, 3.63) is 92.8 Å². The number of carbonyl (C=O) groups excluding carboxylic acids is 1. The van der Waals surface area contributed by atoms with Crippen LogP contribution in [0.4, 0.5) is 11.4 Å². The first-order valence-electron chi connectivity index (χ1n) is 9.37. The van der Waals surface area contributed by atoms with Gasteiger partial charge in [-0.25, -0.2) is 9.97 Å². The van der Waals surface area contributed by atoms with Gasteiger partial charge in [-0.1, -0.05) is 24.3 Å². The van der Waals surface area contributed by atoms with Crippen LogP contribution < -0.4 is 0 Å². The van der Waals surface area contributed by atoms with Gasteiger partial charge in [0.1, 0.15) is 0 Å². The number of imidazole rings is 2. The molecule has 4 aromatic rings. The maximum Gasteiger partial charge on any atom is 0.278 e. The summed E-state index contributed by atoms with van der Waals surface area (Å²) in [6, 6.07) is 12.2. The van der Waals surface area contributed by atoms with Gasteiger partial charge in [0.15, 0.2) is 11.6 Å². The number of para-hydroxylation sites is 2. The summed E-state index contributed by atoms with van der Waals surface area (Å²) >= 11 is 0. The second kappa shape index (κ2) is 9.12. The molecule has 2 aromatic heterocycles. The average Bonchev–Trinajstić information content (AvgIpc) is 3.36. The first-order chi connectivity index (χ1) is 15.3. The fourth-order valence-corrected chi connectivity index (χ4v) is 3.41. The summed E-state index contributed by atoms with van der Waals surface area (Å²) in [5, 5.41) is 22.7. The highest BCUT2D eigenvalue weighted by Crippen LogP contribution is 2.30. The summed E-state index contributed by atoms with van der Waals surface area (Å²) < 4.78 is 2.93. The van der Waals surface area contributed by atoms with Gasteiger partial charge < -0.3 is 9.13 Å². The summed E-state index contributed by atoms with van der Waals surface area (Å²) in [5.41, 5.74) is 0.869. The molecule has 168 valence electrons. The monoisotopic (exact) mass is 512 g/mol. The van der Waals surface area contributed by atoms with Gasteiger partial charge in [-0.3, -0.25) is 25.0 Å². The number of nitro groups is 2. The Balaban J connectivity index is 0.00000306. The molecule has 2 heterocycles. The molecule has 0 aliphatic rings. The Labute approximate surface area is 197 Å². The van der Waals surface area contributed by atoms with Crippen molar-refractivity contribution < 1.29 is 14.6 Å². The number of nitro benzene ring substituents is 2. The second-order valence-electron chi connectivity index (χ2n) is 7.00. The highest BCUT2D eigenvalue weighted by molar-refractivity contribution is 8.93.